The molecule has 1 amide bonds. The molecule has 1 aromatic carbocycles. The Morgan fingerprint density at radius 2 is 2.00 bits per heavy atom. The molecular formula is C23H25ClN8O. The molecule has 1 atom stereocenters. The molecule has 0 aliphatic carbocycles. The fraction of sp³-hybridized carbons (Fsp3) is 0.261. The molecule has 1 aliphatic rings. The number of hydrogen-bond donors (Lipinski definition) is 2. The summed E-state index contributed by atoms with van der Waals surface area (Å²) >= 11 is 0. The first-order chi connectivity index (χ1) is 15.7. The van der Waals surface area contributed by atoms with Gasteiger partial charge in [0.15, 0.2) is 0 Å². The molecule has 0 bridgehead atoms. The number of amides is 1. The molecule has 2 N–H and O–H groups in total. The average Bonchev–Trinajstić information content (AvgIpc) is 3.53. The molecule has 170 valence electrons. The molecule has 10 heteroatoms. The quantitative estimate of drug-likeness (QED) is 0.470. The lowest BCUT2D eigenvalue weighted by atomic mass is 10.0. The lowest BCUT2D eigenvalue weighted by molar-refractivity contribution is 0.0971. The normalized spacial score (nSPS) is 15.6. The van der Waals surface area contributed by atoms with Gasteiger partial charge in [0.2, 0.25) is 0 Å². The van der Waals surface area contributed by atoms with Crippen LogP contribution < -0.4 is 10.2 Å². The smallest absolute Gasteiger partial charge is 0.259 e. The fourth-order valence-corrected chi connectivity index (χ4v) is 4.09. The van der Waals surface area contributed by atoms with E-state index in [1.807, 2.05) is 60.6 Å². The molecule has 9 nitrogen and oxygen atoms in total. The summed E-state index contributed by atoms with van der Waals surface area (Å²) in [6.07, 6.45) is 7.25. The van der Waals surface area contributed by atoms with Crippen LogP contribution in [0.25, 0.3) is 22.5 Å². The molecule has 0 radical (unpaired) electrons. The van der Waals surface area contributed by atoms with Crippen molar-refractivity contribution in [2.24, 2.45) is 7.05 Å². The third kappa shape index (κ3) is 4.64. The number of carbonyl (C=O) groups is 1. The standard InChI is InChI=1S/C23H24N8O.ClH/c1-30-15-21(28-29-30)16-6-8-17(9-7-16)23(32)31(18-4-2-11-24-14-18)22-19(5-3-12-25-22)20-10-13-26-27-20;/h3,5-10,12-13,15,18,24H,2,4,11,14H2,1H3,(H,26,27);1H/t18-;/m1./s1. The zero-order chi connectivity index (χ0) is 21.9. The van der Waals surface area contributed by atoms with Crippen molar-refractivity contribution >= 4 is 24.1 Å². The van der Waals surface area contributed by atoms with E-state index in [0.29, 0.717) is 11.4 Å². The van der Waals surface area contributed by atoms with Gasteiger partial charge in [-0.05, 0) is 49.7 Å². The van der Waals surface area contributed by atoms with Gasteiger partial charge >= 0.3 is 0 Å². The number of anilines is 1. The Morgan fingerprint density at radius 1 is 1.15 bits per heavy atom. The third-order valence-electron chi connectivity index (χ3n) is 5.68. The van der Waals surface area contributed by atoms with E-state index in [4.69, 9.17) is 0 Å². The second-order valence-electron chi connectivity index (χ2n) is 7.86. The Hall–Kier alpha value is -3.56. The first-order valence-electron chi connectivity index (χ1n) is 10.7. The topological polar surface area (TPSA) is 105 Å². The Kier molecular flexibility index (Phi) is 6.81. The van der Waals surface area contributed by atoms with Crippen LogP contribution in [0, 0.1) is 0 Å². The molecular weight excluding hydrogens is 440 g/mol. The number of benzene rings is 1. The zero-order valence-corrected chi connectivity index (χ0v) is 19.0. The Morgan fingerprint density at radius 3 is 2.67 bits per heavy atom. The van der Waals surface area contributed by atoms with Crippen LogP contribution in [0.4, 0.5) is 5.82 Å². The number of halogens is 1. The summed E-state index contributed by atoms with van der Waals surface area (Å²) in [7, 11) is 1.83. The van der Waals surface area contributed by atoms with Crippen molar-refractivity contribution in [3.63, 3.8) is 0 Å². The second kappa shape index (κ2) is 9.93. The van der Waals surface area contributed by atoms with E-state index in [1.165, 1.54) is 0 Å². The molecule has 1 fully saturated rings. The number of nitrogens with zero attached hydrogens (tertiary/aromatic N) is 6. The number of H-pyrrole nitrogens is 1. The maximum atomic E-state index is 13.8. The molecule has 0 unspecified atom stereocenters. The molecule has 5 rings (SSSR count). The summed E-state index contributed by atoms with van der Waals surface area (Å²) in [5, 5.41) is 18.7. The average molecular weight is 465 g/mol. The number of aryl methyl sites for hydroxylation is 1. The molecule has 1 saturated heterocycles. The minimum Gasteiger partial charge on any atom is -0.315 e. The number of aromatic nitrogens is 6. The summed E-state index contributed by atoms with van der Waals surface area (Å²) < 4.78 is 1.66. The van der Waals surface area contributed by atoms with Crippen LogP contribution in [0.3, 0.4) is 0 Å². The summed E-state index contributed by atoms with van der Waals surface area (Å²) in [6, 6.07) is 13.2. The predicted octanol–water partition coefficient (Wildman–Crippen LogP) is 3.09. The number of pyridine rings is 1. The Labute approximate surface area is 197 Å². The number of rotatable bonds is 5. The van der Waals surface area contributed by atoms with Crippen LogP contribution in [-0.4, -0.2) is 55.2 Å². The van der Waals surface area contributed by atoms with Gasteiger partial charge in [-0.3, -0.25) is 19.5 Å². The van der Waals surface area contributed by atoms with Crippen LogP contribution in [0.2, 0.25) is 0 Å². The van der Waals surface area contributed by atoms with Crippen molar-refractivity contribution in [3.05, 3.63) is 66.6 Å². The Balaban J connectivity index is 0.00000259. The minimum atomic E-state index is -0.0834. The van der Waals surface area contributed by atoms with Crippen LogP contribution in [0.1, 0.15) is 23.2 Å². The summed E-state index contributed by atoms with van der Waals surface area (Å²) in [4.78, 5) is 20.3. The lowest BCUT2D eigenvalue weighted by Gasteiger charge is -2.35. The molecule has 4 heterocycles. The van der Waals surface area contributed by atoms with Crippen molar-refractivity contribution in [1.82, 2.24) is 35.5 Å². The van der Waals surface area contributed by atoms with Crippen molar-refractivity contribution in [2.45, 2.75) is 18.9 Å². The summed E-state index contributed by atoms with van der Waals surface area (Å²) in [6.45, 7) is 1.68. The highest BCUT2D eigenvalue weighted by atomic mass is 35.5. The molecule has 1 aliphatic heterocycles. The first-order valence-corrected chi connectivity index (χ1v) is 10.7. The van der Waals surface area contributed by atoms with Gasteiger partial charge in [0, 0.05) is 42.7 Å². The van der Waals surface area contributed by atoms with Gasteiger partial charge in [-0.2, -0.15) is 5.10 Å². The third-order valence-corrected chi connectivity index (χ3v) is 5.68. The maximum absolute atomic E-state index is 13.8. The maximum Gasteiger partial charge on any atom is 0.259 e. The van der Waals surface area contributed by atoms with Crippen molar-refractivity contribution in [1.29, 1.82) is 0 Å². The van der Waals surface area contributed by atoms with E-state index in [2.05, 4.69) is 30.8 Å². The van der Waals surface area contributed by atoms with Crippen molar-refractivity contribution < 1.29 is 4.79 Å². The highest BCUT2D eigenvalue weighted by molar-refractivity contribution is 6.08. The van der Waals surface area contributed by atoms with E-state index >= 15 is 0 Å². The largest absolute Gasteiger partial charge is 0.315 e. The molecule has 4 aromatic rings. The van der Waals surface area contributed by atoms with E-state index in [1.54, 1.807) is 17.1 Å². The highest BCUT2D eigenvalue weighted by Gasteiger charge is 2.31. The number of piperidine rings is 1. The lowest BCUT2D eigenvalue weighted by Crippen LogP contribution is -2.49. The van der Waals surface area contributed by atoms with E-state index in [-0.39, 0.29) is 24.4 Å². The highest BCUT2D eigenvalue weighted by Crippen LogP contribution is 2.31. The monoisotopic (exact) mass is 464 g/mol. The summed E-state index contributed by atoms with van der Waals surface area (Å²) in [5.74, 6) is 0.538. The fourth-order valence-electron chi connectivity index (χ4n) is 4.09. The van der Waals surface area contributed by atoms with Crippen LogP contribution >= 0.6 is 12.4 Å². The van der Waals surface area contributed by atoms with Crippen molar-refractivity contribution in [2.75, 3.05) is 18.0 Å². The van der Waals surface area contributed by atoms with Crippen molar-refractivity contribution in [3.8, 4) is 22.5 Å². The van der Waals surface area contributed by atoms with Gasteiger partial charge in [0.1, 0.15) is 11.5 Å². The molecule has 33 heavy (non-hydrogen) atoms. The van der Waals surface area contributed by atoms with E-state index in [9.17, 15) is 4.79 Å². The van der Waals surface area contributed by atoms with Gasteiger partial charge in [0.25, 0.3) is 5.91 Å². The summed E-state index contributed by atoms with van der Waals surface area (Å²) in [5.41, 5.74) is 3.86. The minimum absolute atomic E-state index is 0. The van der Waals surface area contributed by atoms with Gasteiger partial charge in [-0.25, -0.2) is 4.98 Å². The van der Waals surface area contributed by atoms with E-state index < -0.39 is 0 Å². The number of nitrogens with one attached hydrogen (secondary N) is 2. The SMILES string of the molecule is Cl.Cn1cc(-c2ccc(C(=O)N(c3ncccc3-c3cc[nH]n3)[C@@H]3CCCNC3)cc2)nn1. The predicted molar refractivity (Wildman–Crippen MR) is 128 cm³/mol. The number of carbonyl (C=O) groups excluding carboxylic acids is 1. The van der Waals surface area contributed by atoms with E-state index in [0.717, 1.165) is 48.4 Å². The van der Waals surface area contributed by atoms with Gasteiger partial charge in [-0.1, -0.05) is 17.3 Å². The molecule has 0 spiro atoms. The van der Waals surface area contributed by atoms with Crippen LogP contribution in [0.15, 0.2) is 61.1 Å². The second-order valence-corrected chi connectivity index (χ2v) is 7.86. The van der Waals surface area contributed by atoms with Crippen LogP contribution in [0.5, 0.6) is 0 Å². The number of hydrogen-bond acceptors (Lipinski definition) is 6. The molecule has 0 saturated carbocycles. The van der Waals surface area contributed by atoms with Gasteiger partial charge in [-0.15, -0.1) is 17.5 Å². The number of aromatic amines is 1. The van der Waals surface area contributed by atoms with Crippen LogP contribution in [-0.2, 0) is 7.05 Å². The first kappa shape index (κ1) is 22.6. The van der Waals surface area contributed by atoms with Gasteiger partial charge < -0.3 is 5.32 Å². The zero-order valence-electron chi connectivity index (χ0n) is 18.2. The Bertz CT molecular complexity index is 1200. The molecule has 3 aromatic heterocycles. The van der Waals surface area contributed by atoms with Gasteiger partial charge in [0.05, 0.1) is 17.9 Å².